The van der Waals surface area contributed by atoms with Gasteiger partial charge in [0.05, 0.1) is 0 Å². The Bertz CT molecular complexity index is 413. The molecular formula is C16H28N2S. The summed E-state index contributed by atoms with van der Waals surface area (Å²) < 4.78 is 0. The fourth-order valence-electron chi connectivity index (χ4n) is 3.27. The Hall–Kier alpha value is -0.380. The summed E-state index contributed by atoms with van der Waals surface area (Å²) in [6, 6.07) is 3.11. The third-order valence-electron chi connectivity index (χ3n) is 4.52. The molecule has 1 N–H and O–H groups in total. The van der Waals surface area contributed by atoms with Crippen molar-refractivity contribution in [1.29, 1.82) is 0 Å². The van der Waals surface area contributed by atoms with Crippen LogP contribution in [-0.2, 0) is 13.1 Å². The number of hydrogen-bond donors (Lipinski definition) is 1. The SMILES string of the molecule is CNCc1cc(CN2CC(C)CC(C)C2C)c(C)s1. The average molecular weight is 280 g/mol. The first-order chi connectivity index (χ1) is 9.01. The highest BCUT2D eigenvalue weighted by Gasteiger charge is 2.29. The molecule has 1 fully saturated rings. The van der Waals surface area contributed by atoms with Crippen LogP contribution in [0.3, 0.4) is 0 Å². The first-order valence-corrected chi connectivity index (χ1v) is 8.29. The molecule has 0 amide bonds. The summed E-state index contributed by atoms with van der Waals surface area (Å²) in [6.45, 7) is 12.8. The van der Waals surface area contributed by atoms with Crippen LogP contribution < -0.4 is 5.32 Å². The summed E-state index contributed by atoms with van der Waals surface area (Å²) in [6.07, 6.45) is 1.38. The lowest BCUT2D eigenvalue weighted by Gasteiger charge is -2.41. The van der Waals surface area contributed by atoms with E-state index in [0.29, 0.717) is 6.04 Å². The number of nitrogens with one attached hydrogen (secondary N) is 1. The summed E-state index contributed by atoms with van der Waals surface area (Å²) in [7, 11) is 2.02. The second-order valence-corrected chi connectivity index (χ2v) is 7.65. The van der Waals surface area contributed by atoms with E-state index in [9.17, 15) is 0 Å². The Morgan fingerprint density at radius 1 is 1.37 bits per heavy atom. The Kier molecular flexibility index (Phi) is 5.04. The van der Waals surface area contributed by atoms with Crippen LogP contribution in [0.4, 0.5) is 0 Å². The fourth-order valence-corrected chi connectivity index (χ4v) is 4.33. The molecule has 3 atom stereocenters. The van der Waals surface area contributed by atoms with Crippen molar-refractivity contribution in [1.82, 2.24) is 10.2 Å². The van der Waals surface area contributed by atoms with Crippen molar-refractivity contribution in [3.8, 4) is 0 Å². The van der Waals surface area contributed by atoms with Gasteiger partial charge in [-0.25, -0.2) is 0 Å². The van der Waals surface area contributed by atoms with Gasteiger partial charge in [0.1, 0.15) is 0 Å². The second kappa shape index (κ2) is 6.38. The minimum absolute atomic E-state index is 0.711. The average Bonchev–Trinajstić information content (AvgIpc) is 2.67. The lowest BCUT2D eigenvalue weighted by molar-refractivity contribution is 0.0729. The van der Waals surface area contributed by atoms with Crippen molar-refractivity contribution in [2.75, 3.05) is 13.6 Å². The maximum absolute atomic E-state index is 3.25. The third-order valence-corrected chi connectivity index (χ3v) is 5.61. The predicted octanol–water partition coefficient (Wildman–Crippen LogP) is 3.64. The highest BCUT2D eigenvalue weighted by Crippen LogP contribution is 2.30. The molecule has 1 aliphatic rings. The highest BCUT2D eigenvalue weighted by atomic mass is 32.1. The van der Waals surface area contributed by atoms with Crippen LogP contribution in [-0.4, -0.2) is 24.5 Å². The maximum atomic E-state index is 3.25. The van der Waals surface area contributed by atoms with Crippen LogP contribution >= 0.6 is 11.3 Å². The molecule has 2 nitrogen and oxygen atoms in total. The van der Waals surface area contributed by atoms with Crippen LogP contribution in [0.25, 0.3) is 0 Å². The van der Waals surface area contributed by atoms with Crippen LogP contribution in [0.5, 0.6) is 0 Å². The molecule has 0 spiro atoms. The van der Waals surface area contributed by atoms with Crippen molar-refractivity contribution in [3.63, 3.8) is 0 Å². The molecule has 1 saturated heterocycles. The zero-order chi connectivity index (χ0) is 14.0. The number of piperidine rings is 1. The molecule has 1 aliphatic heterocycles. The van der Waals surface area contributed by atoms with E-state index in [2.05, 4.69) is 44.0 Å². The third kappa shape index (κ3) is 3.59. The van der Waals surface area contributed by atoms with Gasteiger partial charge in [0.25, 0.3) is 0 Å². The molecule has 0 aliphatic carbocycles. The fraction of sp³-hybridized carbons (Fsp3) is 0.750. The Morgan fingerprint density at radius 3 is 2.79 bits per heavy atom. The number of thiophene rings is 1. The Morgan fingerprint density at radius 2 is 2.11 bits per heavy atom. The van der Waals surface area contributed by atoms with Gasteiger partial charge >= 0.3 is 0 Å². The molecule has 1 aromatic heterocycles. The van der Waals surface area contributed by atoms with Crippen molar-refractivity contribution < 1.29 is 0 Å². The first-order valence-electron chi connectivity index (χ1n) is 7.48. The minimum Gasteiger partial charge on any atom is -0.315 e. The van der Waals surface area contributed by atoms with Gasteiger partial charge in [-0.05, 0) is 50.8 Å². The van der Waals surface area contributed by atoms with E-state index in [1.54, 1.807) is 0 Å². The van der Waals surface area contributed by atoms with Gasteiger partial charge in [-0.15, -0.1) is 11.3 Å². The van der Waals surface area contributed by atoms with Crippen molar-refractivity contribution in [3.05, 3.63) is 21.4 Å². The van der Waals surface area contributed by atoms with Crippen molar-refractivity contribution >= 4 is 11.3 Å². The summed E-state index contributed by atoms with van der Waals surface area (Å²) in [5.41, 5.74) is 1.53. The van der Waals surface area contributed by atoms with Gasteiger partial charge in [0.15, 0.2) is 0 Å². The number of rotatable bonds is 4. The van der Waals surface area contributed by atoms with E-state index in [1.807, 2.05) is 18.4 Å². The molecular weight excluding hydrogens is 252 g/mol. The molecule has 1 aromatic rings. The molecule has 0 saturated carbocycles. The normalized spacial score (nSPS) is 28.8. The Labute approximate surface area is 122 Å². The maximum Gasteiger partial charge on any atom is 0.0296 e. The van der Waals surface area contributed by atoms with Gasteiger partial charge in [-0.1, -0.05) is 13.8 Å². The standard InChI is InChI=1S/C16H28N2S/c1-11-6-12(2)13(3)18(9-11)10-15-7-16(8-17-5)19-14(15)4/h7,11-13,17H,6,8-10H2,1-5H3. The lowest BCUT2D eigenvalue weighted by Crippen LogP contribution is -2.45. The molecule has 19 heavy (non-hydrogen) atoms. The van der Waals surface area contributed by atoms with Gasteiger partial charge in [0, 0.05) is 35.4 Å². The van der Waals surface area contributed by atoms with E-state index in [1.165, 1.54) is 28.3 Å². The summed E-state index contributed by atoms with van der Waals surface area (Å²) in [5, 5.41) is 3.25. The van der Waals surface area contributed by atoms with E-state index in [0.717, 1.165) is 24.9 Å². The number of likely N-dealkylation sites (tertiary alicyclic amines) is 1. The highest BCUT2D eigenvalue weighted by molar-refractivity contribution is 7.12. The van der Waals surface area contributed by atoms with Crippen LogP contribution in [0.15, 0.2) is 6.07 Å². The second-order valence-electron chi connectivity index (χ2n) is 6.31. The summed E-state index contributed by atoms with van der Waals surface area (Å²) >= 11 is 1.94. The van der Waals surface area contributed by atoms with E-state index >= 15 is 0 Å². The van der Waals surface area contributed by atoms with Crippen molar-refractivity contribution in [2.24, 2.45) is 11.8 Å². The lowest BCUT2D eigenvalue weighted by atomic mass is 9.86. The van der Waals surface area contributed by atoms with Gasteiger partial charge in [-0.3, -0.25) is 4.90 Å². The number of nitrogens with zero attached hydrogens (tertiary/aromatic N) is 1. The number of aryl methyl sites for hydroxylation is 1. The van der Waals surface area contributed by atoms with Crippen LogP contribution in [0, 0.1) is 18.8 Å². The molecule has 2 rings (SSSR count). The van der Waals surface area contributed by atoms with E-state index in [4.69, 9.17) is 0 Å². The zero-order valence-electron chi connectivity index (χ0n) is 13.0. The molecule has 3 unspecified atom stereocenters. The molecule has 0 bridgehead atoms. The van der Waals surface area contributed by atoms with Gasteiger partial charge in [-0.2, -0.15) is 0 Å². The number of hydrogen-bond acceptors (Lipinski definition) is 3. The Balaban J connectivity index is 2.07. The van der Waals surface area contributed by atoms with Gasteiger partial charge < -0.3 is 5.32 Å². The van der Waals surface area contributed by atoms with Gasteiger partial charge in [0.2, 0.25) is 0 Å². The minimum atomic E-state index is 0.711. The van der Waals surface area contributed by atoms with Crippen molar-refractivity contribution in [2.45, 2.75) is 53.2 Å². The topological polar surface area (TPSA) is 15.3 Å². The summed E-state index contributed by atoms with van der Waals surface area (Å²) in [5.74, 6) is 1.65. The smallest absolute Gasteiger partial charge is 0.0296 e. The molecule has 108 valence electrons. The molecule has 0 radical (unpaired) electrons. The molecule has 0 aromatic carbocycles. The van der Waals surface area contributed by atoms with Crippen LogP contribution in [0.1, 0.15) is 42.5 Å². The predicted molar refractivity (Wildman–Crippen MR) is 84.6 cm³/mol. The molecule has 2 heterocycles. The largest absolute Gasteiger partial charge is 0.315 e. The monoisotopic (exact) mass is 280 g/mol. The first kappa shape index (κ1) is 15.0. The molecule has 3 heteroatoms. The quantitative estimate of drug-likeness (QED) is 0.906. The summed E-state index contributed by atoms with van der Waals surface area (Å²) in [4.78, 5) is 5.63. The zero-order valence-corrected chi connectivity index (χ0v) is 13.8. The van der Waals surface area contributed by atoms with E-state index in [-0.39, 0.29) is 0 Å². The van der Waals surface area contributed by atoms with E-state index < -0.39 is 0 Å². The van der Waals surface area contributed by atoms with Crippen LogP contribution in [0.2, 0.25) is 0 Å².